The summed E-state index contributed by atoms with van der Waals surface area (Å²) in [4.78, 5) is 9.07. The summed E-state index contributed by atoms with van der Waals surface area (Å²) in [7, 11) is -2.10. The molecule has 158 valence electrons. The van der Waals surface area contributed by atoms with E-state index in [4.69, 9.17) is 9.47 Å². The standard InChI is InChI=1S/C22H25N3O3S2/c1-15-10-17(25-30(26)8-2-3-9-30)12-20-21(15)19(23-14-24-20)11-16-5-7-29-22(16)28-18-4-6-27-13-18/h5,7,10,12,14,18H,2-4,6,8-9,11,13H2,1H3/t18-/m1/s1. The third-order valence-electron chi connectivity index (χ3n) is 5.67. The lowest BCUT2D eigenvalue weighted by Gasteiger charge is -2.13. The lowest BCUT2D eigenvalue weighted by atomic mass is 10.0. The van der Waals surface area contributed by atoms with Crippen LogP contribution in [0, 0.1) is 6.92 Å². The van der Waals surface area contributed by atoms with Gasteiger partial charge in [-0.2, -0.15) is 4.36 Å². The number of nitrogens with zero attached hydrogens (tertiary/aromatic N) is 3. The number of aromatic nitrogens is 2. The Kier molecular flexibility index (Phi) is 5.47. The van der Waals surface area contributed by atoms with Crippen LogP contribution in [0.25, 0.3) is 10.9 Å². The van der Waals surface area contributed by atoms with Gasteiger partial charge in [-0.25, -0.2) is 14.2 Å². The predicted octanol–water partition coefficient (Wildman–Crippen LogP) is 4.65. The van der Waals surface area contributed by atoms with Crippen molar-refractivity contribution in [3.05, 3.63) is 46.7 Å². The molecular formula is C22H25N3O3S2. The second kappa shape index (κ2) is 8.24. The molecule has 0 saturated carbocycles. The Balaban J connectivity index is 1.47. The minimum Gasteiger partial charge on any atom is -0.478 e. The molecular weight excluding hydrogens is 418 g/mol. The first-order chi connectivity index (χ1) is 14.6. The normalized spacial score (nSPS) is 20.6. The molecule has 1 aromatic carbocycles. The molecule has 6 nitrogen and oxygen atoms in total. The summed E-state index contributed by atoms with van der Waals surface area (Å²) in [6.07, 6.45) is 5.35. The van der Waals surface area contributed by atoms with Gasteiger partial charge in [0.25, 0.3) is 0 Å². The van der Waals surface area contributed by atoms with Crippen LogP contribution in [0.3, 0.4) is 0 Å². The zero-order valence-electron chi connectivity index (χ0n) is 17.0. The molecule has 30 heavy (non-hydrogen) atoms. The number of ether oxygens (including phenoxy) is 2. The average molecular weight is 444 g/mol. The van der Waals surface area contributed by atoms with Crippen molar-refractivity contribution < 1.29 is 13.7 Å². The van der Waals surface area contributed by atoms with E-state index < -0.39 is 9.73 Å². The number of fused-ring (bicyclic) bond motifs is 1. The van der Waals surface area contributed by atoms with Gasteiger partial charge in [-0.3, -0.25) is 0 Å². The van der Waals surface area contributed by atoms with Crippen molar-refractivity contribution in [2.45, 2.75) is 38.7 Å². The highest BCUT2D eigenvalue weighted by atomic mass is 32.2. The van der Waals surface area contributed by atoms with Crippen molar-refractivity contribution in [3.8, 4) is 5.06 Å². The fourth-order valence-corrected chi connectivity index (χ4v) is 7.20. The second-order valence-electron chi connectivity index (χ2n) is 7.97. The van der Waals surface area contributed by atoms with Crippen LogP contribution in [0.1, 0.15) is 36.1 Å². The van der Waals surface area contributed by atoms with Gasteiger partial charge in [0.2, 0.25) is 0 Å². The average Bonchev–Trinajstić information content (AvgIpc) is 3.46. The van der Waals surface area contributed by atoms with E-state index in [1.54, 1.807) is 17.7 Å². The van der Waals surface area contributed by atoms with Gasteiger partial charge in [0.05, 0.1) is 39.8 Å². The maximum atomic E-state index is 12.8. The van der Waals surface area contributed by atoms with Gasteiger partial charge in [-0.1, -0.05) is 0 Å². The number of hydrogen-bond donors (Lipinski definition) is 0. The molecule has 0 aliphatic carbocycles. The molecule has 2 saturated heterocycles. The van der Waals surface area contributed by atoms with Crippen molar-refractivity contribution in [1.29, 1.82) is 0 Å². The minimum atomic E-state index is -2.10. The smallest absolute Gasteiger partial charge is 0.177 e. The summed E-state index contributed by atoms with van der Waals surface area (Å²) >= 11 is 1.62. The first kappa shape index (κ1) is 19.9. The van der Waals surface area contributed by atoms with Gasteiger partial charge in [0.1, 0.15) is 12.4 Å². The van der Waals surface area contributed by atoms with E-state index in [-0.39, 0.29) is 6.10 Å². The maximum Gasteiger partial charge on any atom is 0.177 e. The Morgan fingerprint density at radius 3 is 2.97 bits per heavy atom. The minimum absolute atomic E-state index is 0.132. The summed E-state index contributed by atoms with van der Waals surface area (Å²) < 4.78 is 29.1. The summed E-state index contributed by atoms with van der Waals surface area (Å²) in [5.41, 5.74) is 4.78. The molecule has 2 fully saturated rings. The third-order valence-corrected chi connectivity index (χ3v) is 8.91. The molecule has 0 amide bonds. The Hall–Kier alpha value is -2.03. The molecule has 8 heteroatoms. The Morgan fingerprint density at radius 1 is 1.30 bits per heavy atom. The van der Waals surface area contributed by atoms with Crippen molar-refractivity contribution in [2.24, 2.45) is 4.36 Å². The first-order valence-corrected chi connectivity index (χ1v) is 13.1. The molecule has 2 aliphatic rings. The van der Waals surface area contributed by atoms with Crippen LogP contribution >= 0.6 is 11.3 Å². The Bertz CT molecular complexity index is 1180. The summed E-state index contributed by atoms with van der Waals surface area (Å²) in [5, 5.41) is 4.05. The SMILES string of the molecule is Cc1cc(N=S2(=O)CCCC2)cc2ncnc(Cc3ccsc3O[C@@H]3CCOC3)c12. The predicted molar refractivity (Wildman–Crippen MR) is 120 cm³/mol. The lowest BCUT2D eigenvalue weighted by molar-refractivity contribution is 0.143. The van der Waals surface area contributed by atoms with Crippen molar-refractivity contribution >= 4 is 37.7 Å². The van der Waals surface area contributed by atoms with Crippen LogP contribution in [0.2, 0.25) is 0 Å². The number of rotatable bonds is 5. The third kappa shape index (κ3) is 4.08. The molecule has 2 aliphatic heterocycles. The zero-order valence-corrected chi connectivity index (χ0v) is 18.6. The fraction of sp³-hybridized carbons (Fsp3) is 0.455. The Labute approximate surface area is 180 Å². The van der Waals surface area contributed by atoms with Crippen LogP contribution in [0.15, 0.2) is 34.3 Å². The molecule has 0 N–H and O–H groups in total. The van der Waals surface area contributed by atoms with Gasteiger partial charge in [-0.05, 0) is 48.9 Å². The second-order valence-corrected chi connectivity index (χ2v) is 11.4. The molecule has 0 unspecified atom stereocenters. The zero-order chi connectivity index (χ0) is 20.6. The van der Waals surface area contributed by atoms with Gasteiger partial charge >= 0.3 is 0 Å². The highest BCUT2D eigenvalue weighted by Crippen LogP contribution is 2.33. The molecule has 1 atom stereocenters. The number of hydrogen-bond acceptors (Lipinski definition) is 7. The molecule has 0 spiro atoms. The Morgan fingerprint density at radius 2 is 2.17 bits per heavy atom. The van der Waals surface area contributed by atoms with E-state index in [2.05, 4.69) is 32.7 Å². The van der Waals surface area contributed by atoms with Gasteiger partial charge in [-0.15, -0.1) is 11.3 Å². The van der Waals surface area contributed by atoms with E-state index in [9.17, 15) is 4.21 Å². The number of benzene rings is 1. The molecule has 4 heterocycles. The van der Waals surface area contributed by atoms with Crippen LogP contribution in [-0.4, -0.2) is 45.0 Å². The van der Waals surface area contributed by atoms with Crippen LogP contribution < -0.4 is 4.74 Å². The number of thiophene rings is 1. The highest BCUT2D eigenvalue weighted by Gasteiger charge is 2.21. The van der Waals surface area contributed by atoms with Crippen molar-refractivity contribution in [3.63, 3.8) is 0 Å². The van der Waals surface area contributed by atoms with E-state index in [0.717, 1.165) is 64.3 Å². The first-order valence-electron chi connectivity index (χ1n) is 10.4. The number of aryl methyl sites for hydroxylation is 1. The maximum absolute atomic E-state index is 12.8. The van der Waals surface area contributed by atoms with E-state index >= 15 is 0 Å². The summed E-state index contributed by atoms with van der Waals surface area (Å²) in [5.74, 6) is 1.40. The monoisotopic (exact) mass is 443 g/mol. The summed E-state index contributed by atoms with van der Waals surface area (Å²) in [6.45, 7) is 3.47. The van der Waals surface area contributed by atoms with Gasteiger partial charge in [0, 0.05) is 35.3 Å². The van der Waals surface area contributed by atoms with E-state index in [1.807, 2.05) is 12.1 Å². The quantitative estimate of drug-likeness (QED) is 0.574. The topological polar surface area (TPSA) is 73.7 Å². The molecule has 2 aromatic heterocycles. The van der Waals surface area contributed by atoms with Crippen LogP contribution in [-0.2, 0) is 20.9 Å². The lowest BCUT2D eigenvalue weighted by Crippen LogP contribution is -2.15. The largest absolute Gasteiger partial charge is 0.478 e. The van der Waals surface area contributed by atoms with Crippen LogP contribution in [0.5, 0.6) is 5.06 Å². The van der Waals surface area contributed by atoms with Crippen molar-refractivity contribution in [2.75, 3.05) is 24.7 Å². The van der Waals surface area contributed by atoms with E-state index in [0.29, 0.717) is 24.5 Å². The van der Waals surface area contributed by atoms with Crippen molar-refractivity contribution in [1.82, 2.24) is 9.97 Å². The molecule has 0 radical (unpaired) electrons. The van der Waals surface area contributed by atoms with Gasteiger partial charge < -0.3 is 9.47 Å². The van der Waals surface area contributed by atoms with Gasteiger partial charge in [0.15, 0.2) is 5.06 Å². The van der Waals surface area contributed by atoms with Crippen LogP contribution in [0.4, 0.5) is 5.69 Å². The van der Waals surface area contributed by atoms with E-state index in [1.165, 1.54) is 0 Å². The summed E-state index contributed by atoms with van der Waals surface area (Å²) in [6, 6.07) is 6.06. The molecule has 5 rings (SSSR count). The fourth-order valence-electron chi connectivity index (χ4n) is 4.17. The molecule has 0 bridgehead atoms. The highest BCUT2D eigenvalue weighted by molar-refractivity contribution is 7.93. The molecule has 3 aromatic rings.